The Morgan fingerprint density at radius 1 is 1.33 bits per heavy atom. The number of ether oxygens (including phenoxy) is 1. The first-order chi connectivity index (χ1) is 14.2. The van der Waals surface area contributed by atoms with E-state index < -0.39 is 17.2 Å². The van der Waals surface area contributed by atoms with Crippen molar-refractivity contribution in [3.8, 4) is 5.75 Å². The molecule has 3 unspecified atom stereocenters. The van der Waals surface area contributed by atoms with Crippen molar-refractivity contribution < 1.29 is 24.1 Å². The molecule has 8 heteroatoms. The fraction of sp³-hybridized carbons (Fsp3) is 0.545. The third-order valence-corrected chi connectivity index (χ3v) is 6.65. The summed E-state index contributed by atoms with van der Waals surface area (Å²) < 4.78 is 22.6. The second kappa shape index (κ2) is 7.58. The Kier molecular flexibility index (Phi) is 5.22. The first-order valence-electron chi connectivity index (χ1n) is 10.3. The molecule has 2 aliphatic carbocycles. The van der Waals surface area contributed by atoms with Crippen LogP contribution in [-0.4, -0.2) is 47.6 Å². The molecule has 0 amide bonds. The second-order valence-electron chi connectivity index (χ2n) is 8.60. The van der Waals surface area contributed by atoms with E-state index in [0.717, 1.165) is 31.7 Å². The summed E-state index contributed by atoms with van der Waals surface area (Å²) in [7, 11) is 3.20. The number of carboxylic acid groups (broad SMARTS) is 1. The van der Waals surface area contributed by atoms with Gasteiger partial charge < -0.3 is 24.4 Å². The van der Waals surface area contributed by atoms with Crippen LogP contribution in [0, 0.1) is 17.7 Å². The molecule has 3 atom stereocenters. The van der Waals surface area contributed by atoms with Crippen LogP contribution in [0.3, 0.4) is 0 Å². The summed E-state index contributed by atoms with van der Waals surface area (Å²) in [6.07, 6.45) is 4.32. The molecule has 2 fully saturated rings. The molecule has 2 aliphatic rings. The van der Waals surface area contributed by atoms with Crippen LogP contribution in [0.15, 0.2) is 17.1 Å². The van der Waals surface area contributed by atoms with Gasteiger partial charge in [0.1, 0.15) is 11.3 Å². The Hall–Kier alpha value is -2.61. The zero-order chi connectivity index (χ0) is 21.7. The number of aliphatic hydroxyl groups is 1. The van der Waals surface area contributed by atoms with Gasteiger partial charge in [0.25, 0.3) is 0 Å². The first kappa shape index (κ1) is 20.7. The zero-order valence-electron chi connectivity index (χ0n) is 17.4. The maximum atomic E-state index is 15.3. The number of fused-ring (bicyclic) bond motifs is 1. The highest BCUT2D eigenvalue weighted by Gasteiger charge is 2.34. The largest absolute Gasteiger partial charge is 0.492 e. The molecule has 2 aromatic rings. The predicted octanol–water partition coefficient (Wildman–Crippen LogP) is 3.03. The average molecular weight is 418 g/mol. The number of benzene rings is 1. The summed E-state index contributed by atoms with van der Waals surface area (Å²) in [5.41, 5.74) is -0.410. The van der Waals surface area contributed by atoms with Crippen LogP contribution in [0.5, 0.6) is 5.75 Å². The van der Waals surface area contributed by atoms with Crippen LogP contribution >= 0.6 is 0 Å². The molecule has 1 heterocycles. The number of aromatic nitrogens is 1. The quantitative estimate of drug-likeness (QED) is 0.749. The van der Waals surface area contributed by atoms with E-state index in [2.05, 4.69) is 0 Å². The van der Waals surface area contributed by atoms with Gasteiger partial charge in [0.15, 0.2) is 11.6 Å². The summed E-state index contributed by atoms with van der Waals surface area (Å²) in [6.45, 7) is 2.54. The predicted molar refractivity (Wildman–Crippen MR) is 111 cm³/mol. The van der Waals surface area contributed by atoms with Gasteiger partial charge in [-0.05, 0) is 43.6 Å². The van der Waals surface area contributed by atoms with Crippen molar-refractivity contribution in [2.75, 3.05) is 25.6 Å². The van der Waals surface area contributed by atoms with E-state index in [-0.39, 0.29) is 46.4 Å². The number of carbonyl (C=O) groups is 1. The lowest BCUT2D eigenvalue weighted by molar-refractivity contribution is 0.0694. The third kappa shape index (κ3) is 3.33. The number of hydrogen-bond donors (Lipinski definition) is 2. The molecule has 0 aliphatic heterocycles. The van der Waals surface area contributed by atoms with Gasteiger partial charge in [-0.15, -0.1) is 0 Å². The Balaban J connectivity index is 1.88. The molecule has 162 valence electrons. The SMILES string of the molecule is COc1c(N(C)CC2CCC(O)C2C)c(F)cc2c(=O)c(C(=O)O)cn(C3CC3)c12. The Labute approximate surface area is 173 Å². The van der Waals surface area contributed by atoms with E-state index in [9.17, 15) is 19.8 Å². The Morgan fingerprint density at radius 3 is 2.57 bits per heavy atom. The molecule has 0 radical (unpaired) electrons. The maximum Gasteiger partial charge on any atom is 0.341 e. The topological polar surface area (TPSA) is 92.0 Å². The highest BCUT2D eigenvalue weighted by molar-refractivity contribution is 5.97. The van der Waals surface area contributed by atoms with Gasteiger partial charge in [-0.2, -0.15) is 0 Å². The molecule has 30 heavy (non-hydrogen) atoms. The van der Waals surface area contributed by atoms with Crippen LogP contribution in [0.25, 0.3) is 10.9 Å². The molecule has 2 N–H and O–H groups in total. The Morgan fingerprint density at radius 2 is 2.03 bits per heavy atom. The van der Waals surface area contributed by atoms with E-state index in [4.69, 9.17) is 4.74 Å². The van der Waals surface area contributed by atoms with Crippen molar-refractivity contribution >= 4 is 22.6 Å². The minimum Gasteiger partial charge on any atom is -0.492 e. The normalized spacial score (nSPS) is 23.7. The van der Waals surface area contributed by atoms with Crippen LogP contribution in [-0.2, 0) is 0 Å². The van der Waals surface area contributed by atoms with Crippen LogP contribution in [0.4, 0.5) is 10.1 Å². The number of aromatic carboxylic acids is 1. The molecule has 1 aromatic heterocycles. The lowest BCUT2D eigenvalue weighted by Crippen LogP contribution is -2.30. The summed E-state index contributed by atoms with van der Waals surface area (Å²) in [5.74, 6) is -1.39. The number of anilines is 1. The lowest BCUT2D eigenvalue weighted by Gasteiger charge is -2.29. The first-order valence-corrected chi connectivity index (χ1v) is 10.3. The van der Waals surface area contributed by atoms with E-state index in [1.54, 1.807) is 16.5 Å². The van der Waals surface area contributed by atoms with E-state index in [0.29, 0.717) is 12.1 Å². The van der Waals surface area contributed by atoms with Gasteiger partial charge in [0.05, 0.1) is 24.1 Å². The number of hydrogen-bond acceptors (Lipinski definition) is 5. The molecule has 4 rings (SSSR count). The number of carboxylic acids is 1. The summed E-state index contributed by atoms with van der Waals surface area (Å²) in [6, 6.07) is 1.19. The summed E-state index contributed by atoms with van der Waals surface area (Å²) >= 11 is 0. The molecule has 1 aromatic carbocycles. The van der Waals surface area contributed by atoms with E-state index in [1.807, 2.05) is 6.92 Å². The molecule has 0 bridgehead atoms. The van der Waals surface area contributed by atoms with Crippen LogP contribution in [0.2, 0.25) is 0 Å². The fourth-order valence-electron chi connectivity index (χ4n) is 4.71. The van der Waals surface area contributed by atoms with Crippen LogP contribution in [0.1, 0.15) is 49.0 Å². The summed E-state index contributed by atoms with van der Waals surface area (Å²) in [4.78, 5) is 26.1. The van der Waals surface area contributed by atoms with Gasteiger partial charge in [-0.3, -0.25) is 4.79 Å². The number of methoxy groups -OCH3 is 1. The minimum absolute atomic E-state index is 0.0120. The van der Waals surface area contributed by atoms with Crippen molar-refractivity contribution in [2.24, 2.45) is 11.8 Å². The van der Waals surface area contributed by atoms with Crippen molar-refractivity contribution in [3.05, 3.63) is 33.9 Å². The van der Waals surface area contributed by atoms with Gasteiger partial charge >= 0.3 is 5.97 Å². The third-order valence-electron chi connectivity index (χ3n) is 6.65. The number of nitrogens with zero attached hydrogens (tertiary/aromatic N) is 2. The standard InChI is InChI=1S/C22H27FN2O5/c1-11-12(4-7-17(11)26)9-24(2)19-16(23)8-14-18(21(19)30-3)25(13-5-6-13)10-15(20(14)27)22(28)29/h8,10-13,17,26H,4-7,9H2,1-3H3,(H,28,29). The average Bonchev–Trinajstić information content (AvgIpc) is 3.49. The smallest absolute Gasteiger partial charge is 0.341 e. The molecule has 0 spiro atoms. The van der Waals surface area contributed by atoms with Crippen molar-refractivity contribution in [1.82, 2.24) is 4.57 Å². The van der Waals surface area contributed by atoms with E-state index >= 15 is 4.39 Å². The number of halogens is 1. The van der Waals surface area contributed by atoms with Gasteiger partial charge in [-0.1, -0.05) is 6.92 Å². The molecular weight excluding hydrogens is 391 g/mol. The van der Waals surface area contributed by atoms with Crippen molar-refractivity contribution in [3.63, 3.8) is 0 Å². The summed E-state index contributed by atoms with van der Waals surface area (Å²) in [5, 5.41) is 19.5. The molecule has 7 nitrogen and oxygen atoms in total. The highest BCUT2D eigenvalue weighted by Crippen LogP contribution is 2.44. The molecular formula is C22H27FN2O5. The van der Waals surface area contributed by atoms with E-state index in [1.165, 1.54) is 13.3 Å². The highest BCUT2D eigenvalue weighted by atomic mass is 19.1. The molecule has 2 saturated carbocycles. The van der Waals surface area contributed by atoms with Gasteiger partial charge in [-0.25, -0.2) is 9.18 Å². The minimum atomic E-state index is -1.33. The second-order valence-corrected chi connectivity index (χ2v) is 8.60. The fourth-order valence-corrected chi connectivity index (χ4v) is 4.71. The number of pyridine rings is 1. The lowest BCUT2D eigenvalue weighted by atomic mass is 9.96. The number of rotatable bonds is 6. The van der Waals surface area contributed by atoms with Gasteiger partial charge in [0.2, 0.25) is 5.43 Å². The Bertz CT molecular complexity index is 1060. The maximum absolute atomic E-state index is 15.3. The van der Waals surface area contributed by atoms with Crippen LogP contribution < -0.4 is 15.1 Å². The van der Waals surface area contributed by atoms with Crippen molar-refractivity contribution in [2.45, 2.75) is 44.8 Å². The van der Waals surface area contributed by atoms with Crippen molar-refractivity contribution in [1.29, 1.82) is 0 Å². The molecule has 0 saturated heterocycles. The number of aliphatic hydroxyl groups excluding tert-OH is 1. The van der Waals surface area contributed by atoms with Gasteiger partial charge in [0, 0.05) is 25.8 Å². The zero-order valence-corrected chi connectivity index (χ0v) is 17.4. The monoisotopic (exact) mass is 418 g/mol.